The van der Waals surface area contributed by atoms with E-state index in [2.05, 4.69) is 38.3 Å². The van der Waals surface area contributed by atoms with Gasteiger partial charge in [-0.25, -0.2) is 4.79 Å². The molecule has 0 aliphatic carbocycles. The van der Waals surface area contributed by atoms with Gasteiger partial charge in [-0.1, -0.05) is 12.1 Å². The number of thiophene rings is 1. The zero-order valence-corrected chi connectivity index (χ0v) is 18.2. The third-order valence-corrected chi connectivity index (χ3v) is 6.29. The molecule has 3 rings (SSSR count). The van der Waals surface area contributed by atoms with Crippen molar-refractivity contribution in [3.05, 3.63) is 50.6 Å². The zero-order valence-electron chi connectivity index (χ0n) is 15.8. The minimum atomic E-state index is -0.0561. The normalized spacial score (nSPS) is 16.2. The molecule has 2 amide bonds. The van der Waals surface area contributed by atoms with Crippen LogP contribution in [0.25, 0.3) is 0 Å². The summed E-state index contributed by atoms with van der Waals surface area (Å²) in [7, 11) is 0. The molecule has 1 saturated heterocycles. The van der Waals surface area contributed by atoms with Gasteiger partial charge in [-0.15, -0.1) is 11.3 Å². The quantitative estimate of drug-likeness (QED) is 0.702. The molecule has 0 radical (unpaired) electrons. The number of rotatable bonds is 6. The van der Waals surface area contributed by atoms with Crippen molar-refractivity contribution in [1.29, 1.82) is 0 Å². The Bertz CT molecular complexity index is 759. The zero-order chi connectivity index (χ0) is 19.2. The number of ether oxygens (including phenoxy) is 1. The summed E-state index contributed by atoms with van der Waals surface area (Å²) < 4.78 is 6.71. The smallest absolute Gasteiger partial charge is 0.317 e. The molecule has 1 aliphatic rings. The van der Waals surface area contributed by atoms with Crippen molar-refractivity contribution < 1.29 is 9.53 Å². The maximum Gasteiger partial charge on any atom is 0.317 e. The number of carbonyl (C=O) groups excluding carboxylic acids is 1. The fourth-order valence-corrected chi connectivity index (χ4v) is 4.69. The highest BCUT2D eigenvalue weighted by Crippen LogP contribution is 2.24. The lowest BCUT2D eigenvalue weighted by Gasteiger charge is -2.35. The summed E-state index contributed by atoms with van der Waals surface area (Å²) >= 11 is 5.28. The maximum absolute atomic E-state index is 12.6. The number of amides is 2. The third-order valence-electron chi connectivity index (χ3n) is 4.68. The summed E-state index contributed by atoms with van der Waals surface area (Å²) in [5.41, 5.74) is 1.05. The van der Waals surface area contributed by atoms with E-state index in [9.17, 15) is 4.79 Å². The van der Waals surface area contributed by atoms with Gasteiger partial charge in [-0.05, 0) is 59.6 Å². The van der Waals surface area contributed by atoms with Crippen LogP contribution in [-0.2, 0) is 6.54 Å². The number of hydrogen-bond donors (Lipinski definition) is 1. The van der Waals surface area contributed by atoms with Crippen molar-refractivity contribution in [1.82, 2.24) is 15.1 Å². The molecule has 1 unspecified atom stereocenters. The minimum Gasteiger partial charge on any atom is -0.494 e. The van der Waals surface area contributed by atoms with Gasteiger partial charge in [0, 0.05) is 37.6 Å². The molecule has 2 aromatic rings. The van der Waals surface area contributed by atoms with Crippen molar-refractivity contribution in [3.63, 3.8) is 0 Å². The van der Waals surface area contributed by atoms with Crippen LogP contribution in [0.5, 0.6) is 5.75 Å². The average molecular weight is 452 g/mol. The van der Waals surface area contributed by atoms with Gasteiger partial charge in [0.25, 0.3) is 0 Å². The molecule has 27 heavy (non-hydrogen) atoms. The van der Waals surface area contributed by atoms with Crippen molar-refractivity contribution >= 4 is 33.3 Å². The van der Waals surface area contributed by atoms with E-state index in [-0.39, 0.29) is 12.1 Å². The lowest BCUT2D eigenvalue weighted by molar-refractivity contribution is 0.134. The standard InChI is InChI=1S/C20H26BrN3O2S/c1-3-26-17-6-4-5-16(13-17)15(2)22-20(25)24-11-9-23(10-12-24)14-18-7-8-19(21)27-18/h4-8,13,15H,3,9-12,14H2,1-2H3,(H,22,25). The fourth-order valence-electron chi connectivity index (χ4n) is 3.17. The number of hydrogen-bond acceptors (Lipinski definition) is 4. The van der Waals surface area contributed by atoms with Crippen molar-refractivity contribution in [2.75, 3.05) is 32.8 Å². The number of halogens is 1. The number of carbonyl (C=O) groups is 1. The third kappa shape index (κ3) is 5.70. The number of nitrogens with one attached hydrogen (secondary N) is 1. The molecule has 1 atom stereocenters. The Hall–Kier alpha value is -1.57. The predicted molar refractivity (Wildman–Crippen MR) is 113 cm³/mol. The molecule has 1 fully saturated rings. The molecule has 1 aromatic carbocycles. The van der Waals surface area contributed by atoms with E-state index in [1.165, 1.54) is 4.88 Å². The Morgan fingerprint density at radius 1 is 1.26 bits per heavy atom. The van der Waals surface area contributed by atoms with Gasteiger partial charge < -0.3 is 15.0 Å². The predicted octanol–water partition coefficient (Wildman–Crippen LogP) is 4.50. The summed E-state index contributed by atoms with van der Waals surface area (Å²) in [4.78, 5) is 18.3. The van der Waals surface area contributed by atoms with Crippen molar-refractivity contribution in [2.45, 2.75) is 26.4 Å². The monoisotopic (exact) mass is 451 g/mol. The lowest BCUT2D eigenvalue weighted by atomic mass is 10.1. The maximum atomic E-state index is 12.6. The topological polar surface area (TPSA) is 44.8 Å². The Morgan fingerprint density at radius 3 is 2.70 bits per heavy atom. The molecule has 1 aromatic heterocycles. The Morgan fingerprint density at radius 2 is 2.04 bits per heavy atom. The Kier molecular flexibility index (Phi) is 7.15. The van der Waals surface area contributed by atoms with Gasteiger partial charge in [0.2, 0.25) is 0 Å². The van der Waals surface area contributed by atoms with Crippen molar-refractivity contribution in [2.24, 2.45) is 0 Å². The van der Waals surface area contributed by atoms with E-state index < -0.39 is 0 Å². The molecular formula is C20H26BrN3O2S. The van der Waals surface area contributed by atoms with Crippen LogP contribution in [0.3, 0.4) is 0 Å². The van der Waals surface area contributed by atoms with Crippen LogP contribution in [-0.4, -0.2) is 48.6 Å². The first-order valence-corrected chi connectivity index (χ1v) is 10.9. The highest BCUT2D eigenvalue weighted by molar-refractivity contribution is 9.11. The van der Waals surface area contributed by atoms with E-state index in [0.717, 1.165) is 47.8 Å². The van der Waals surface area contributed by atoms with Crippen LogP contribution >= 0.6 is 27.3 Å². The SMILES string of the molecule is CCOc1cccc(C(C)NC(=O)N2CCN(Cc3ccc(Br)s3)CC2)c1. The number of nitrogens with zero attached hydrogens (tertiary/aromatic N) is 2. The molecule has 7 heteroatoms. The van der Waals surface area contributed by atoms with Gasteiger partial charge in [-0.2, -0.15) is 0 Å². The first-order chi connectivity index (χ1) is 13.0. The summed E-state index contributed by atoms with van der Waals surface area (Å²) in [5, 5.41) is 3.11. The summed E-state index contributed by atoms with van der Waals surface area (Å²) in [5.74, 6) is 0.838. The molecule has 2 heterocycles. The summed E-state index contributed by atoms with van der Waals surface area (Å²) in [6.45, 7) is 8.87. The number of benzene rings is 1. The van der Waals surface area contributed by atoms with E-state index in [4.69, 9.17) is 4.74 Å². The van der Waals surface area contributed by atoms with Gasteiger partial charge in [0.15, 0.2) is 0 Å². The van der Waals surface area contributed by atoms with Crippen LogP contribution < -0.4 is 10.1 Å². The fraction of sp³-hybridized carbons (Fsp3) is 0.450. The van der Waals surface area contributed by atoms with E-state index in [1.807, 2.05) is 43.0 Å². The van der Waals surface area contributed by atoms with Crippen LogP contribution in [0, 0.1) is 0 Å². The second kappa shape index (κ2) is 9.57. The molecule has 1 N–H and O–H groups in total. The van der Waals surface area contributed by atoms with Crippen LogP contribution in [0.2, 0.25) is 0 Å². The molecule has 0 bridgehead atoms. The van der Waals surface area contributed by atoms with Gasteiger partial charge in [0.05, 0.1) is 16.4 Å². The molecule has 0 spiro atoms. The first-order valence-electron chi connectivity index (χ1n) is 9.30. The second-order valence-electron chi connectivity index (χ2n) is 6.65. The highest BCUT2D eigenvalue weighted by Gasteiger charge is 2.22. The molecular weight excluding hydrogens is 426 g/mol. The first kappa shape index (κ1) is 20.2. The van der Waals surface area contributed by atoms with Crippen LogP contribution in [0.1, 0.15) is 30.3 Å². The molecule has 1 aliphatic heterocycles. The Labute approximate surface area is 173 Å². The largest absolute Gasteiger partial charge is 0.494 e. The van der Waals surface area contributed by atoms with E-state index in [0.29, 0.717) is 6.61 Å². The van der Waals surface area contributed by atoms with E-state index in [1.54, 1.807) is 11.3 Å². The number of urea groups is 1. The number of piperazine rings is 1. The van der Waals surface area contributed by atoms with Gasteiger partial charge in [-0.3, -0.25) is 4.90 Å². The van der Waals surface area contributed by atoms with Gasteiger partial charge >= 0.3 is 6.03 Å². The molecule has 5 nitrogen and oxygen atoms in total. The summed E-state index contributed by atoms with van der Waals surface area (Å²) in [6, 6.07) is 12.1. The average Bonchev–Trinajstić information content (AvgIpc) is 3.07. The lowest BCUT2D eigenvalue weighted by Crippen LogP contribution is -2.51. The van der Waals surface area contributed by atoms with Crippen LogP contribution in [0.4, 0.5) is 4.79 Å². The van der Waals surface area contributed by atoms with E-state index >= 15 is 0 Å². The van der Waals surface area contributed by atoms with Gasteiger partial charge in [0.1, 0.15) is 5.75 Å². The Balaban J connectivity index is 1.48. The molecule has 146 valence electrons. The van der Waals surface area contributed by atoms with Crippen LogP contribution in [0.15, 0.2) is 40.2 Å². The highest BCUT2D eigenvalue weighted by atomic mass is 79.9. The van der Waals surface area contributed by atoms with Crippen molar-refractivity contribution in [3.8, 4) is 5.75 Å². The molecule has 0 saturated carbocycles. The second-order valence-corrected chi connectivity index (χ2v) is 9.19. The summed E-state index contributed by atoms with van der Waals surface area (Å²) in [6.07, 6.45) is 0. The minimum absolute atomic E-state index is 0.00262.